The van der Waals surface area contributed by atoms with Gasteiger partial charge in [0, 0.05) is 25.1 Å². The number of primary amides is 1. The molecule has 1 heterocycles. The van der Waals surface area contributed by atoms with E-state index in [1.54, 1.807) is 0 Å². The van der Waals surface area contributed by atoms with Gasteiger partial charge in [-0.1, -0.05) is 78.9 Å². The second-order valence-electron chi connectivity index (χ2n) is 8.64. The molecular formula is C28H29N3O4. The lowest BCUT2D eigenvalue weighted by atomic mass is 10.0. The molecule has 7 nitrogen and oxygen atoms in total. The molecular weight excluding hydrogens is 442 g/mol. The summed E-state index contributed by atoms with van der Waals surface area (Å²) < 4.78 is 6.14. The summed E-state index contributed by atoms with van der Waals surface area (Å²) in [5, 5.41) is 2.80. The smallest absolute Gasteiger partial charge is 0.287 e. The number of para-hydroxylation sites is 1. The summed E-state index contributed by atoms with van der Waals surface area (Å²) in [5.74, 6) is -2.22. The lowest BCUT2D eigenvalue weighted by Gasteiger charge is -2.27. The van der Waals surface area contributed by atoms with Crippen molar-refractivity contribution in [2.24, 2.45) is 5.73 Å². The summed E-state index contributed by atoms with van der Waals surface area (Å²) in [6, 6.07) is 27.1. The average Bonchev–Trinajstić information content (AvgIpc) is 3.33. The van der Waals surface area contributed by atoms with Crippen LogP contribution in [-0.2, 0) is 32.1 Å². The van der Waals surface area contributed by atoms with Crippen molar-refractivity contribution in [1.29, 1.82) is 0 Å². The number of anilines is 1. The van der Waals surface area contributed by atoms with Crippen LogP contribution in [0.1, 0.15) is 17.5 Å². The van der Waals surface area contributed by atoms with Crippen molar-refractivity contribution in [3.05, 3.63) is 102 Å². The zero-order chi connectivity index (χ0) is 24.6. The van der Waals surface area contributed by atoms with Gasteiger partial charge in [0.1, 0.15) is 12.1 Å². The molecule has 3 atom stereocenters. The van der Waals surface area contributed by atoms with Crippen molar-refractivity contribution in [2.45, 2.75) is 37.6 Å². The van der Waals surface area contributed by atoms with Crippen LogP contribution in [0.25, 0.3) is 0 Å². The zero-order valence-corrected chi connectivity index (χ0v) is 19.4. The van der Waals surface area contributed by atoms with Crippen LogP contribution in [0.3, 0.4) is 0 Å². The molecule has 3 aromatic carbocycles. The van der Waals surface area contributed by atoms with Crippen LogP contribution < -0.4 is 16.0 Å². The number of hydrogen-bond acceptors (Lipinski definition) is 5. The fourth-order valence-electron chi connectivity index (χ4n) is 4.36. The number of ketones is 1. The predicted molar refractivity (Wildman–Crippen MR) is 133 cm³/mol. The van der Waals surface area contributed by atoms with Gasteiger partial charge in [0.2, 0.25) is 11.7 Å². The second-order valence-corrected chi connectivity index (χ2v) is 8.64. The van der Waals surface area contributed by atoms with Gasteiger partial charge in [0.05, 0.1) is 12.7 Å². The van der Waals surface area contributed by atoms with Crippen molar-refractivity contribution < 1.29 is 19.1 Å². The first kappa shape index (κ1) is 24.2. The molecule has 1 saturated heterocycles. The molecule has 0 bridgehead atoms. The number of Topliss-reactive ketones (excluding diaryl/α,β-unsaturated/α-hetero) is 1. The second kappa shape index (κ2) is 11.4. The molecule has 0 spiro atoms. The SMILES string of the molecule is NC(=O)C(=O)C(Cc1ccccc1)NC(=O)[C@@H]1C[C@@H](OCc2ccccc2)CN1c1ccccc1. The molecule has 180 valence electrons. The van der Waals surface area contributed by atoms with Gasteiger partial charge in [-0.15, -0.1) is 0 Å². The van der Waals surface area contributed by atoms with Gasteiger partial charge in [0.15, 0.2) is 0 Å². The lowest BCUT2D eigenvalue weighted by molar-refractivity contribution is -0.138. The standard InChI is InChI=1S/C28H29N3O4/c29-27(33)26(32)24(16-20-10-4-1-5-11-20)30-28(34)25-17-23(35-19-21-12-6-2-7-13-21)18-31(25)22-14-8-3-9-15-22/h1-15,23-25H,16-19H2,(H2,29,33)(H,30,34)/t23-,24?,25+/m1/s1. The van der Waals surface area contributed by atoms with Crippen LogP contribution in [-0.4, -0.2) is 42.3 Å². The number of carbonyl (C=O) groups excluding carboxylic acids is 3. The Bertz CT molecular complexity index is 1140. The molecule has 0 saturated carbocycles. The maximum Gasteiger partial charge on any atom is 0.287 e. The van der Waals surface area contributed by atoms with Crippen LogP contribution in [0.2, 0.25) is 0 Å². The third-order valence-corrected chi connectivity index (χ3v) is 6.14. The molecule has 1 fully saturated rings. The molecule has 0 aromatic heterocycles. The monoisotopic (exact) mass is 471 g/mol. The first-order valence-electron chi connectivity index (χ1n) is 11.7. The summed E-state index contributed by atoms with van der Waals surface area (Å²) in [6.07, 6.45) is 0.460. The summed E-state index contributed by atoms with van der Waals surface area (Å²) in [7, 11) is 0. The molecule has 1 aliphatic heterocycles. The summed E-state index contributed by atoms with van der Waals surface area (Å²) >= 11 is 0. The highest BCUT2D eigenvalue weighted by molar-refractivity contribution is 6.38. The van der Waals surface area contributed by atoms with Crippen molar-refractivity contribution in [1.82, 2.24) is 5.32 Å². The molecule has 7 heteroatoms. The maximum absolute atomic E-state index is 13.5. The number of ether oxygens (including phenoxy) is 1. The van der Waals surface area contributed by atoms with E-state index in [4.69, 9.17) is 10.5 Å². The fourth-order valence-corrected chi connectivity index (χ4v) is 4.36. The molecule has 0 aliphatic carbocycles. The van der Waals surface area contributed by atoms with E-state index in [-0.39, 0.29) is 18.4 Å². The summed E-state index contributed by atoms with van der Waals surface area (Å²) in [4.78, 5) is 39.7. The Labute approximate surface area is 204 Å². The molecule has 35 heavy (non-hydrogen) atoms. The lowest BCUT2D eigenvalue weighted by Crippen LogP contribution is -2.52. The highest BCUT2D eigenvalue weighted by atomic mass is 16.5. The largest absolute Gasteiger partial charge is 0.372 e. The van der Waals surface area contributed by atoms with Crippen molar-refractivity contribution >= 4 is 23.3 Å². The van der Waals surface area contributed by atoms with Crippen LogP contribution in [0.15, 0.2) is 91.0 Å². The molecule has 1 unspecified atom stereocenters. The summed E-state index contributed by atoms with van der Waals surface area (Å²) in [5.41, 5.74) is 8.05. The fraction of sp³-hybridized carbons (Fsp3) is 0.250. The summed E-state index contributed by atoms with van der Waals surface area (Å²) in [6.45, 7) is 0.974. The molecule has 3 N–H and O–H groups in total. The van der Waals surface area contributed by atoms with E-state index in [1.165, 1.54) is 0 Å². The Hall–Kier alpha value is -3.97. The van der Waals surface area contributed by atoms with Gasteiger partial charge >= 0.3 is 0 Å². The number of benzene rings is 3. The Kier molecular flexibility index (Phi) is 7.90. The average molecular weight is 472 g/mol. The maximum atomic E-state index is 13.5. The molecule has 4 rings (SSSR count). The van der Waals surface area contributed by atoms with Gasteiger partial charge in [-0.25, -0.2) is 0 Å². The van der Waals surface area contributed by atoms with Gasteiger partial charge in [0.25, 0.3) is 5.91 Å². The Balaban J connectivity index is 1.50. The van der Waals surface area contributed by atoms with E-state index in [2.05, 4.69) is 5.32 Å². The van der Waals surface area contributed by atoms with E-state index < -0.39 is 23.8 Å². The Morgan fingerprint density at radius 1 is 0.886 bits per heavy atom. The molecule has 2 amide bonds. The van der Waals surface area contributed by atoms with E-state index in [0.717, 1.165) is 16.8 Å². The normalized spacial score (nSPS) is 18.1. The van der Waals surface area contributed by atoms with Crippen molar-refractivity contribution in [2.75, 3.05) is 11.4 Å². The minimum atomic E-state index is -1.07. The first-order chi connectivity index (χ1) is 17.0. The van der Waals surface area contributed by atoms with E-state index in [9.17, 15) is 14.4 Å². The van der Waals surface area contributed by atoms with Gasteiger partial charge < -0.3 is 20.7 Å². The number of hydrogen-bond donors (Lipinski definition) is 2. The predicted octanol–water partition coefficient (Wildman–Crippen LogP) is 2.63. The Morgan fingerprint density at radius 3 is 2.06 bits per heavy atom. The number of nitrogens with two attached hydrogens (primary N) is 1. The molecule has 3 aromatic rings. The number of carbonyl (C=O) groups is 3. The highest BCUT2D eigenvalue weighted by Crippen LogP contribution is 2.28. The quantitative estimate of drug-likeness (QED) is 0.443. The number of rotatable bonds is 10. The molecule has 0 radical (unpaired) electrons. The number of nitrogens with zero attached hydrogens (tertiary/aromatic N) is 1. The van der Waals surface area contributed by atoms with E-state index in [0.29, 0.717) is 19.6 Å². The third kappa shape index (κ3) is 6.33. The van der Waals surface area contributed by atoms with Gasteiger partial charge in [-0.05, 0) is 23.3 Å². The first-order valence-corrected chi connectivity index (χ1v) is 11.7. The Morgan fingerprint density at radius 2 is 1.46 bits per heavy atom. The third-order valence-electron chi connectivity index (χ3n) is 6.14. The van der Waals surface area contributed by atoms with Crippen molar-refractivity contribution in [3.63, 3.8) is 0 Å². The van der Waals surface area contributed by atoms with E-state index >= 15 is 0 Å². The van der Waals surface area contributed by atoms with Gasteiger partial charge in [-0.2, -0.15) is 0 Å². The van der Waals surface area contributed by atoms with E-state index in [1.807, 2.05) is 95.9 Å². The number of amides is 2. The van der Waals surface area contributed by atoms with Crippen LogP contribution in [0.4, 0.5) is 5.69 Å². The van der Waals surface area contributed by atoms with Crippen LogP contribution in [0.5, 0.6) is 0 Å². The topological polar surface area (TPSA) is 102 Å². The zero-order valence-electron chi connectivity index (χ0n) is 19.4. The van der Waals surface area contributed by atoms with Gasteiger partial charge in [-0.3, -0.25) is 14.4 Å². The van der Waals surface area contributed by atoms with Crippen LogP contribution >= 0.6 is 0 Å². The molecule has 1 aliphatic rings. The minimum Gasteiger partial charge on any atom is -0.372 e. The number of nitrogens with one attached hydrogen (secondary N) is 1. The minimum absolute atomic E-state index is 0.175. The van der Waals surface area contributed by atoms with Crippen molar-refractivity contribution in [3.8, 4) is 0 Å². The highest BCUT2D eigenvalue weighted by Gasteiger charge is 2.39. The van der Waals surface area contributed by atoms with Crippen LogP contribution in [0, 0.1) is 0 Å².